The summed E-state index contributed by atoms with van der Waals surface area (Å²) < 4.78 is 16.1. The Balaban J connectivity index is 1.84. The Morgan fingerprint density at radius 1 is 1.00 bits per heavy atom. The monoisotopic (exact) mass is 527 g/mol. The van der Waals surface area contributed by atoms with Crippen LogP contribution in [0.3, 0.4) is 0 Å². The van der Waals surface area contributed by atoms with Crippen LogP contribution in [-0.4, -0.2) is 35.7 Å². The summed E-state index contributed by atoms with van der Waals surface area (Å²) in [5.74, 6) is -1.58. The van der Waals surface area contributed by atoms with E-state index in [9.17, 15) is 14.7 Å². The number of hydrogen-bond donors (Lipinski definition) is 2. The summed E-state index contributed by atoms with van der Waals surface area (Å²) in [5.41, 5.74) is 0.899. The fourth-order valence-corrected chi connectivity index (χ4v) is 4.67. The molecule has 0 amide bonds. The van der Waals surface area contributed by atoms with E-state index < -0.39 is 24.0 Å². The number of esters is 2. The number of H-pyrrole nitrogens is 1. The molecule has 2 unspecified atom stereocenters. The van der Waals surface area contributed by atoms with Gasteiger partial charge in [-0.2, -0.15) is 0 Å². The first-order valence-electron chi connectivity index (χ1n) is 11.1. The van der Waals surface area contributed by atoms with E-state index in [-0.39, 0.29) is 22.9 Å². The van der Waals surface area contributed by atoms with Crippen LogP contribution in [-0.2, 0) is 14.3 Å². The van der Waals surface area contributed by atoms with E-state index in [0.717, 1.165) is 0 Å². The van der Waals surface area contributed by atoms with Gasteiger partial charge in [0, 0.05) is 21.5 Å². The van der Waals surface area contributed by atoms with Crippen molar-refractivity contribution in [3.63, 3.8) is 0 Å². The average molecular weight is 528 g/mol. The number of nitrogens with one attached hydrogen (secondary N) is 1. The molecule has 186 valence electrons. The molecule has 3 aromatic carbocycles. The number of fused-ring (bicyclic) bond motifs is 1. The number of benzene rings is 3. The zero-order valence-electron chi connectivity index (χ0n) is 19.5. The van der Waals surface area contributed by atoms with Gasteiger partial charge in [0.05, 0.1) is 24.8 Å². The van der Waals surface area contributed by atoms with Gasteiger partial charge in [-0.15, -0.1) is 0 Å². The van der Waals surface area contributed by atoms with Gasteiger partial charge in [-0.25, -0.2) is 4.79 Å². The number of rotatable bonds is 8. The number of ether oxygens (including phenoxy) is 3. The van der Waals surface area contributed by atoms with E-state index in [1.54, 1.807) is 49.4 Å². The predicted molar refractivity (Wildman–Crippen MR) is 137 cm³/mol. The van der Waals surface area contributed by atoms with Crippen molar-refractivity contribution in [1.29, 1.82) is 0 Å². The Morgan fingerprint density at radius 2 is 1.72 bits per heavy atom. The highest BCUT2D eigenvalue weighted by Gasteiger charge is 2.36. The van der Waals surface area contributed by atoms with Gasteiger partial charge in [-0.3, -0.25) is 4.79 Å². The maximum absolute atomic E-state index is 13.0. The average Bonchev–Trinajstić information content (AvgIpc) is 3.25. The van der Waals surface area contributed by atoms with Gasteiger partial charge in [0.25, 0.3) is 0 Å². The fraction of sp³-hybridized carbons (Fsp3) is 0.185. The van der Waals surface area contributed by atoms with E-state index in [1.807, 2.05) is 18.2 Å². The van der Waals surface area contributed by atoms with Crippen LogP contribution in [0.4, 0.5) is 0 Å². The molecule has 0 fully saturated rings. The first kappa shape index (κ1) is 25.6. The maximum Gasteiger partial charge on any atom is 0.355 e. The van der Waals surface area contributed by atoms with Crippen molar-refractivity contribution in [3.8, 4) is 11.5 Å². The number of aromatic nitrogens is 1. The van der Waals surface area contributed by atoms with E-state index >= 15 is 0 Å². The third kappa shape index (κ3) is 5.18. The molecule has 9 heteroatoms. The van der Waals surface area contributed by atoms with Crippen molar-refractivity contribution in [2.24, 2.45) is 0 Å². The summed E-state index contributed by atoms with van der Waals surface area (Å²) in [6, 6.07) is 18.9. The number of aliphatic hydroxyl groups is 1. The normalized spacial score (nSPS) is 12.7. The van der Waals surface area contributed by atoms with Gasteiger partial charge in [-0.05, 0) is 48.9 Å². The smallest absolute Gasteiger partial charge is 0.355 e. The van der Waals surface area contributed by atoms with Crippen molar-refractivity contribution in [1.82, 2.24) is 4.98 Å². The Labute approximate surface area is 217 Å². The van der Waals surface area contributed by atoms with Crippen molar-refractivity contribution >= 4 is 46.0 Å². The Hall–Kier alpha value is -3.52. The molecule has 36 heavy (non-hydrogen) atoms. The van der Waals surface area contributed by atoms with Gasteiger partial charge in [0.2, 0.25) is 0 Å². The van der Waals surface area contributed by atoms with E-state index in [2.05, 4.69) is 4.98 Å². The standard InChI is InChI=1S/C27H23Cl2NO6/c1-3-35-27(33)24-23(22-19(29)13-16(28)14-20(22)30-24)25(31)21(26(32)34-2)15-8-7-11-18(12-15)36-17-9-5-4-6-10-17/h4-14,21,25,30-31H,3H2,1-2H3. The van der Waals surface area contributed by atoms with Gasteiger partial charge in [0.15, 0.2) is 0 Å². The SMILES string of the molecule is CCOC(=O)c1[nH]c2cc(Cl)cc(Cl)c2c1C(O)C(C(=O)OC)c1cccc(Oc2ccccc2)c1. The molecule has 0 aliphatic heterocycles. The predicted octanol–water partition coefficient (Wildman–Crippen LogP) is 6.43. The molecule has 0 saturated carbocycles. The lowest BCUT2D eigenvalue weighted by Crippen LogP contribution is -2.23. The zero-order chi connectivity index (χ0) is 25.8. The van der Waals surface area contributed by atoms with E-state index in [0.29, 0.717) is 33.0 Å². The Morgan fingerprint density at radius 3 is 2.42 bits per heavy atom. The molecule has 0 saturated heterocycles. The number of hydrogen-bond acceptors (Lipinski definition) is 6. The highest BCUT2D eigenvalue weighted by Crippen LogP contribution is 2.42. The lowest BCUT2D eigenvalue weighted by Gasteiger charge is -2.23. The number of aromatic amines is 1. The van der Waals surface area contributed by atoms with Crippen molar-refractivity contribution < 1.29 is 28.9 Å². The molecule has 4 rings (SSSR count). The lowest BCUT2D eigenvalue weighted by atomic mass is 9.87. The molecule has 2 atom stereocenters. The number of aliphatic hydroxyl groups excluding tert-OH is 1. The third-order valence-electron chi connectivity index (χ3n) is 5.60. The van der Waals surface area contributed by atoms with Crippen LogP contribution in [0.15, 0.2) is 66.7 Å². The minimum absolute atomic E-state index is 0.0332. The summed E-state index contributed by atoms with van der Waals surface area (Å²) in [6.07, 6.45) is -1.53. The van der Waals surface area contributed by atoms with Crippen LogP contribution in [0.2, 0.25) is 10.0 Å². The van der Waals surface area contributed by atoms with Crippen LogP contribution in [0, 0.1) is 0 Å². The fourth-order valence-electron chi connectivity index (χ4n) is 4.07. The second-order valence-electron chi connectivity index (χ2n) is 7.88. The van der Waals surface area contributed by atoms with Crippen LogP contribution in [0.5, 0.6) is 11.5 Å². The Kier molecular flexibility index (Phi) is 7.84. The van der Waals surface area contributed by atoms with Gasteiger partial charge < -0.3 is 24.3 Å². The number of para-hydroxylation sites is 1. The molecule has 0 spiro atoms. The maximum atomic E-state index is 13.0. The highest BCUT2D eigenvalue weighted by molar-refractivity contribution is 6.39. The van der Waals surface area contributed by atoms with E-state index in [4.69, 9.17) is 37.4 Å². The number of halogens is 2. The molecule has 0 bridgehead atoms. The molecule has 4 aromatic rings. The second kappa shape index (κ2) is 11.0. The first-order chi connectivity index (χ1) is 17.3. The number of methoxy groups -OCH3 is 1. The minimum Gasteiger partial charge on any atom is -0.468 e. The van der Waals surface area contributed by atoms with Crippen molar-refractivity contribution in [2.75, 3.05) is 13.7 Å². The molecule has 7 nitrogen and oxygen atoms in total. The van der Waals surface area contributed by atoms with Gasteiger partial charge in [-0.1, -0.05) is 53.5 Å². The molecule has 1 heterocycles. The summed E-state index contributed by atoms with van der Waals surface area (Å²) in [6.45, 7) is 1.77. The van der Waals surface area contributed by atoms with Crippen LogP contribution < -0.4 is 4.74 Å². The lowest BCUT2D eigenvalue weighted by molar-refractivity contribution is -0.145. The van der Waals surface area contributed by atoms with E-state index in [1.165, 1.54) is 13.2 Å². The van der Waals surface area contributed by atoms with Crippen molar-refractivity contribution in [3.05, 3.63) is 93.6 Å². The summed E-state index contributed by atoms with van der Waals surface area (Å²) >= 11 is 12.6. The topological polar surface area (TPSA) is 97.9 Å². The quantitative estimate of drug-likeness (QED) is 0.256. The summed E-state index contributed by atoms with van der Waals surface area (Å²) in [5, 5.41) is 12.5. The first-order valence-corrected chi connectivity index (χ1v) is 11.9. The second-order valence-corrected chi connectivity index (χ2v) is 8.72. The van der Waals surface area contributed by atoms with Gasteiger partial charge in [0.1, 0.15) is 23.1 Å². The molecular formula is C27H23Cl2NO6. The molecule has 0 radical (unpaired) electrons. The number of carbonyl (C=O) groups is 2. The number of carbonyl (C=O) groups excluding carboxylic acids is 2. The summed E-state index contributed by atoms with van der Waals surface area (Å²) in [7, 11) is 1.22. The van der Waals surface area contributed by atoms with Crippen molar-refractivity contribution in [2.45, 2.75) is 18.9 Å². The van der Waals surface area contributed by atoms with Crippen LogP contribution >= 0.6 is 23.2 Å². The molecule has 0 aliphatic rings. The molecule has 2 N–H and O–H groups in total. The zero-order valence-corrected chi connectivity index (χ0v) is 21.0. The molecule has 0 aliphatic carbocycles. The minimum atomic E-state index is -1.53. The third-order valence-corrected chi connectivity index (χ3v) is 6.11. The Bertz CT molecular complexity index is 1400. The van der Waals surface area contributed by atoms with Crippen LogP contribution in [0.1, 0.15) is 40.6 Å². The van der Waals surface area contributed by atoms with Crippen LogP contribution in [0.25, 0.3) is 10.9 Å². The highest BCUT2D eigenvalue weighted by atomic mass is 35.5. The molecular weight excluding hydrogens is 505 g/mol. The largest absolute Gasteiger partial charge is 0.468 e. The summed E-state index contributed by atoms with van der Waals surface area (Å²) in [4.78, 5) is 28.8. The molecule has 1 aromatic heterocycles. The van der Waals surface area contributed by atoms with Gasteiger partial charge >= 0.3 is 11.9 Å².